The molecule has 0 fully saturated rings. The smallest absolute Gasteiger partial charge is 0.212 e. The number of hydrogen-bond acceptors (Lipinski definition) is 1. The van der Waals surface area contributed by atoms with E-state index >= 15 is 0 Å². The largest absolute Gasteiger partial charge is 0.456 e. The number of aromatic nitrogens is 1. The summed E-state index contributed by atoms with van der Waals surface area (Å²) in [5, 5.41) is 1.39. The van der Waals surface area contributed by atoms with Crippen molar-refractivity contribution >= 4 is 21.9 Å². The Labute approximate surface area is 127 Å². The molecule has 0 saturated carbocycles. The van der Waals surface area contributed by atoms with Gasteiger partial charge in [0.05, 0.1) is 10.9 Å². The standard InChI is InChI=1S/C19H15FNO/c1-12-10-14-18(22-17-8-5-6-15(20)19(14)17)11-13(12)16-7-3-4-9-21(16)2/h3-11H,1-2H3/q+1. The first kappa shape index (κ1) is 13.0. The average Bonchev–Trinajstić information content (AvgIpc) is 2.86. The van der Waals surface area contributed by atoms with Crippen LogP contribution >= 0.6 is 0 Å². The lowest BCUT2D eigenvalue weighted by Gasteiger charge is -2.04. The van der Waals surface area contributed by atoms with Gasteiger partial charge in [0.15, 0.2) is 6.20 Å². The van der Waals surface area contributed by atoms with E-state index in [9.17, 15) is 4.39 Å². The number of fused-ring (bicyclic) bond motifs is 3. The molecule has 0 aliphatic carbocycles. The Balaban J connectivity index is 2.08. The van der Waals surface area contributed by atoms with E-state index in [4.69, 9.17) is 4.42 Å². The molecule has 0 bridgehead atoms. The van der Waals surface area contributed by atoms with Crippen LogP contribution in [-0.4, -0.2) is 0 Å². The molecule has 0 N–H and O–H groups in total. The molecule has 2 aromatic heterocycles. The van der Waals surface area contributed by atoms with Crippen molar-refractivity contribution in [2.45, 2.75) is 6.92 Å². The van der Waals surface area contributed by atoms with Gasteiger partial charge in [-0.15, -0.1) is 0 Å². The van der Waals surface area contributed by atoms with Gasteiger partial charge in [0.1, 0.15) is 24.0 Å². The van der Waals surface area contributed by atoms with E-state index in [1.54, 1.807) is 12.1 Å². The van der Waals surface area contributed by atoms with Crippen LogP contribution in [0.4, 0.5) is 4.39 Å². The first-order valence-electron chi connectivity index (χ1n) is 7.21. The quantitative estimate of drug-likeness (QED) is 0.471. The van der Waals surface area contributed by atoms with E-state index in [1.165, 1.54) is 6.07 Å². The normalized spacial score (nSPS) is 11.4. The molecule has 0 amide bonds. The summed E-state index contributed by atoms with van der Waals surface area (Å²) < 4.78 is 22.0. The van der Waals surface area contributed by atoms with E-state index < -0.39 is 0 Å². The summed E-state index contributed by atoms with van der Waals surface area (Å²) in [7, 11) is 2.01. The monoisotopic (exact) mass is 292 g/mol. The highest BCUT2D eigenvalue weighted by molar-refractivity contribution is 6.06. The second-order valence-corrected chi connectivity index (χ2v) is 5.58. The maximum atomic E-state index is 14.1. The molecule has 2 nitrogen and oxygen atoms in total. The van der Waals surface area contributed by atoms with E-state index in [-0.39, 0.29) is 5.82 Å². The molecular weight excluding hydrogens is 277 g/mol. The zero-order valence-electron chi connectivity index (χ0n) is 12.4. The van der Waals surface area contributed by atoms with E-state index in [2.05, 4.69) is 10.6 Å². The van der Waals surface area contributed by atoms with Gasteiger partial charge in [-0.2, -0.15) is 0 Å². The van der Waals surface area contributed by atoms with Crippen LogP contribution in [0.5, 0.6) is 0 Å². The Morgan fingerprint density at radius 3 is 2.68 bits per heavy atom. The van der Waals surface area contributed by atoms with Crippen molar-refractivity contribution in [3.8, 4) is 11.3 Å². The second-order valence-electron chi connectivity index (χ2n) is 5.58. The molecule has 3 heteroatoms. The zero-order chi connectivity index (χ0) is 15.3. The van der Waals surface area contributed by atoms with Crippen molar-refractivity contribution in [1.82, 2.24) is 0 Å². The summed E-state index contributed by atoms with van der Waals surface area (Å²) >= 11 is 0. The number of hydrogen-bond donors (Lipinski definition) is 0. The minimum absolute atomic E-state index is 0.242. The maximum Gasteiger partial charge on any atom is 0.212 e. The van der Waals surface area contributed by atoms with Crippen LogP contribution < -0.4 is 4.57 Å². The third-order valence-electron chi connectivity index (χ3n) is 4.12. The molecular formula is C19H15FNO+. The fourth-order valence-corrected chi connectivity index (χ4v) is 3.02. The molecule has 0 atom stereocenters. The first-order chi connectivity index (χ1) is 10.6. The highest BCUT2D eigenvalue weighted by Crippen LogP contribution is 2.34. The predicted octanol–water partition coefficient (Wildman–Crippen LogP) is 4.53. The number of halogens is 1. The number of benzene rings is 2. The van der Waals surface area contributed by atoms with Crippen LogP contribution in [0.15, 0.2) is 59.1 Å². The molecule has 0 aliphatic heterocycles. The summed E-state index contributed by atoms with van der Waals surface area (Å²) in [5.74, 6) is -0.242. The van der Waals surface area contributed by atoms with Crippen LogP contribution in [0.2, 0.25) is 0 Å². The second kappa shape index (κ2) is 4.67. The first-order valence-corrected chi connectivity index (χ1v) is 7.21. The van der Waals surface area contributed by atoms with Crippen LogP contribution in [-0.2, 0) is 7.05 Å². The average molecular weight is 292 g/mol. The third kappa shape index (κ3) is 1.82. The lowest BCUT2D eigenvalue weighted by Crippen LogP contribution is -2.30. The molecule has 0 spiro atoms. The summed E-state index contributed by atoms with van der Waals surface area (Å²) in [6.07, 6.45) is 2.01. The number of nitrogens with zero attached hydrogens (tertiary/aromatic N) is 1. The number of pyridine rings is 1. The molecule has 22 heavy (non-hydrogen) atoms. The van der Waals surface area contributed by atoms with Gasteiger partial charge in [0, 0.05) is 17.5 Å². The van der Waals surface area contributed by atoms with Crippen molar-refractivity contribution in [2.24, 2.45) is 7.05 Å². The highest BCUT2D eigenvalue weighted by atomic mass is 19.1. The summed E-state index contributed by atoms with van der Waals surface area (Å²) in [4.78, 5) is 0. The van der Waals surface area contributed by atoms with Crippen LogP contribution in [0.1, 0.15) is 5.56 Å². The molecule has 0 unspecified atom stereocenters. The minimum atomic E-state index is -0.242. The Bertz CT molecular complexity index is 1020. The Kier molecular flexibility index (Phi) is 2.76. The van der Waals surface area contributed by atoms with Crippen molar-refractivity contribution in [3.05, 3.63) is 66.1 Å². The molecule has 2 heterocycles. The van der Waals surface area contributed by atoms with Crippen LogP contribution in [0.25, 0.3) is 33.2 Å². The summed E-state index contributed by atoms with van der Waals surface area (Å²) in [5.41, 5.74) is 4.59. The van der Waals surface area contributed by atoms with Crippen LogP contribution in [0.3, 0.4) is 0 Å². The fraction of sp³-hybridized carbons (Fsp3) is 0.105. The fourth-order valence-electron chi connectivity index (χ4n) is 3.02. The number of furan rings is 1. The molecule has 0 saturated heterocycles. The Morgan fingerprint density at radius 1 is 1.00 bits per heavy atom. The molecule has 108 valence electrons. The molecule has 4 rings (SSSR count). The van der Waals surface area contributed by atoms with E-state index in [0.717, 1.165) is 22.2 Å². The van der Waals surface area contributed by atoms with Crippen molar-refractivity contribution in [3.63, 3.8) is 0 Å². The van der Waals surface area contributed by atoms with Gasteiger partial charge >= 0.3 is 0 Å². The summed E-state index contributed by atoms with van der Waals surface area (Å²) in [6, 6.07) is 15.0. The lowest BCUT2D eigenvalue weighted by atomic mass is 10.0. The zero-order valence-corrected chi connectivity index (χ0v) is 12.4. The number of aryl methyl sites for hydroxylation is 2. The minimum Gasteiger partial charge on any atom is -0.456 e. The van der Waals surface area contributed by atoms with Crippen molar-refractivity contribution in [1.29, 1.82) is 0 Å². The van der Waals surface area contributed by atoms with Gasteiger partial charge < -0.3 is 4.42 Å². The van der Waals surface area contributed by atoms with Gasteiger partial charge in [-0.05, 0) is 42.8 Å². The van der Waals surface area contributed by atoms with Gasteiger partial charge in [-0.3, -0.25) is 0 Å². The number of rotatable bonds is 1. The molecule has 2 aromatic carbocycles. The predicted molar refractivity (Wildman–Crippen MR) is 85.0 cm³/mol. The van der Waals surface area contributed by atoms with Gasteiger partial charge in [-0.1, -0.05) is 6.07 Å². The Morgan fingerprint density at radius 2 is 1.86 bits per heavy atom. The van der Waals surface area contributed by atoms with E-state index in [0.29, 0.717) is 16.6 Å². The molecule has 0 radical (unpaired) electrons. The molecule has 4 aromatic rings. The SMILES string of the molecule is Cc1cc2c(cc1-c1cccc[n+]1C)oc1cccc(F)c12. The van der Waals surface area contributed by atoms with E-state index in [1.807, 2.05) is 44.4 Å². The highest BCUT2D eigenvalue weighted by Gasteiger charge is 2.17. The lowest BCUT2D eigenvalue weighted by molar-refractivity contribution is -0.660. The third-order valence-corrected chi connectivity index (χ3v) is 4.12. The Hall–Kier alpha value is -2.68. The van der Waals surface area contributed by atoms with Crippen molar-refractivity contribution < 1.29 is 13.4 Å². The van der Waals surface area contributed by atoms with Crippen molar-refractivity contribution in [2.75, 3.05) is 0 Å². The van der Waals surface area contributed by atoms with Gasteiger partial charge in [0.2, 0.25) is 5.69 Å². The molecule has 0 aliphatic rings. The topological polar surface area (TPSA) is 17.0 Å². The van der Waals surface area contributed by atoms with Gasteiger partial charge in [-0.25, -0.2) is 8.96 Å². The summed E-state index contributed by atoms with van der Waals surface area (Å²) in [6.45, 7) is 2.04. The van der Waals surface area contributed by atoms with Crippen LogP contribution in [0, 0.1) is 12.7 Å². The van der Waals surface area contributed by atoms with Gasteiger partial charge in [0.25, 0.3) is 0 Å². The maximum absolute atomic E-state index is 14.1.